The van der Waals surface area contributed by atoms with Crippen LogP contribution in [0, 0.1) is 6.92 Å². The first-order chi connectivity index (χ1) is 9.08. The van der Waals surface area contributed by atoms with Crippen LogP contribution < -0.4 is 5.32 Å². The van der Waals surface area contributed by atoms with Crippen LogP contribution in [0.3, 0.4) is 0 Å². The van der Waals surface area contributed by atoms with Gasteiger partial charge in [0.05, 0.1) is 0 Å². The van der Waals surface area contributed by atoms with Crippen molar-refractivity contribution in [2.45, 2.75) is 6.92 Å². The number of imide groups is 1. The Hall–Kier alpha value is -2.43. The van der Waals surface area contributed by atoms with Crippen LogP contribution in [0.2, 0.25) is 0 Å². The zero-order valence-electron chi connectivity index (χ0n) is 10.6. The number of hydrogen-bond donors (Lipinski definition) is 1. The largest absolute Gasteiger partial charge is 0.350 e. The second kappa shape index (κ2) is 5.48. The van der Waals surface area contributed by atoms with Crippen molar-refractivity contribution in [1.82, 2.24) is 10.2 Å². The molecule has 19 heavy (non-hydrogen) atoms. The smallest absolute Gasteiger partial charge is 0.253 e. The molecule has 0 saturated carbocycles. The van der Waals surface area contributed by atoms with Gasteiger partial charge >= 0.3 is 0 Å². The first kappa shape index (κ1) is 13.0. The molecule has 98 valence electrons. The highest BCUT2D eigenvalue weighted by molar-refractivity contribution is 6.12. The van der Waals surface area contributed by atoms with Gasteiger partial charge in [0.2, 0.25) is 0 Å². The van der Waals surface area contributed by atoms with Crippen molar-refractivity contribution < 1.29 is 14.4 Å². The minimum atomic E-state index is -0.338. The molecule has 1 heterocycles. The summed E-state index contributed by atoms with van der Waals surface area (Å²) in [6, 6.07) is 7.18. The van der Waals surface area contributed by atoms with Crippen molar-refractivity contribution in [3.8, 4) is 0 Å². The quantitative estimate of drug-likeness (QED) is 0.806. The molecule has 0 bridgehead atoms. The molecule has 1 aliphatic heterocycles. The van der Waals surface area contributed by atoms with Crippen LogP contribution in [0.1, 0.15) is 15.9 Å². The summed E-state index contributed by atoms with van der Waals surface area (Å²) in [6.07, 6.45) is 2.45. The summed E-state index contributed by atoms with van der Waals surface area (Å²) >= 11 is 0. The molecule has 0 radical (unpaired) electrons. The summed E-state index contributed by atoms with van der Waals surface area (Å²) < 4.78 is 0. The van der Waals surface area contributed by atoms with E-state index in [2.05, 4.69) is 5.32 Å². The van der Waals surface area contributed by atoms with Gasteiger partial charge in [-0.1, -0.05) is 17.7 Å². The number of nitrogens with one attached hydrogen (secondary N) is 1. The van der Waals surface area contributed by atoms with Gasteiger partial charge in [0.15, 0.2) is 0 Å². The molecule has 5 heteroatoms. The van der Waals surface area contributed by atoms with Crippen LogP contribution in [-0.2, 0) is 9.59 Å². The standard InChI is InChI=1S/C14H14N2O3/c1-10-2-4-11(5-3-10)14(19)15-8-9-16-12(17)6-7-13(16)18/h2-7H,8-9H2,1H3,(H,15,19). The fourth-order valence-corrected chi connectivity index (χ4v) is 1.74. The van der Waals surface area contributed by atoms with E-state index in [4.69, 9.17) is 0 Å². The fourth-order valence-electron chi connectivity index (χ4n) is 1.74. The number of nitrogens with zero attached hydrogens (tertiary/aromatic N) is 1. The average molecular weight is 258 g/mol. The van der Waals surface area contributed by atoms with Crippen LogP contribution in [0.25, 0.3) is 0 Å². The highest BCUT2D eigenvalue weighted by Crippen LogP contribution is 2.04. The van der Waals surface area contributed by atoms with E-state index in [0.717, 1.165) is 10.5 Å². The van der Waals surface area contributed by atoms with Crippen LogP contribution in [-0.4, -0.2) is 35.7 Å². The Bertz CT molecular complexity index is 528. The maximum absolute atomic E-state index is 11.8. The molecule has 0 saturated heterocycles. The second-order valence-electron chi connectivity index (χ2n) is 4.28. The van der Waals surface area contributed by atoms with Crippen LogP contribution >= 0.6 is 0 Å². The van der Waals surface area contributed by atoms with E-state index in [9.17, 15) is 14.4 Å². The first-order valence-corrected chi connectivity index (χ1v) is 5.96. The molecule has 0 fully saturated rings. The Morgan fingerprint density at radius 2 is 1.68 bits per heavy atom. The van der Waals surface area contributed by atoms with Gasteiger partial charge in [-0.2, -0.15) is 0 Å². The molecule has 0 spiro atoms. The third kappa shape index (κ3) is 3.07. The summed E-state index contributed by atoms with van der Waals surface area (Å²) in [5, 5.41) is 2.67. The molecule has 0 unspecified atom stereocenters. The molecule has 1 N–H and O–H groups in total. The van der Waals surface area contributed by atoms with E-state index in [1.54, 1.807) is 12.1 Å². The second-order valence-corrected chi connectivity index (χ2v) is 4.28. The Morgan fingerprint density at radius 3 is 2.26 bits per heavy atom. The number of carbonyl (C=O) groups excluding carboxylic acids is 3. The van der Waals surface area contributed by atoms with Gasteiger partial charge < -0.3 is 5.32 Å². The normalized spacial score (nSPS) is 14.1. The predicted molar refractivity (Wildman–Crippen MR) is 69.4 cm³/mol. The predicted octanol–water partition coefficient (Wildman–Crippen LogP) is 0.650. The van der Waals surface area contributed by atoms with Gasteiger partial charge in [-0.25, -0.2) is 0 Å². The summed E-state index contributed by atoms with van der Waals surface area (Å²) in [7, 11) is 0. The minimum Gasteiger partial charge on any atom is -0.350 e. The molecule has 1 aliphatic rings. The van der Waals surface area contributed by atoms with Crippen molar-refractivity contribution >= 4 is 17.7 Å². The first-order valence-electron chi connectivity index (χ1n) is 5.96. The van der Waals surface area contributed by atoms with E-state index >= 15 is 0 Å². The highest BCUT2D eigenvalue weighted by Gasteiger charge is 2.22. The summed E-state index contributed by atoms with van der Waals surface area (Å²) in [5.74, 6) is -0.892. The van der Waals surface area contributed by atoms with Gasteiger partial charge in [0, 0.05) is 30.8 Å². The van der Waals surface area contributed by atoms with E-state index in [1.807, 2.05) is 19.1 Å². The van der Waals surface area contributed by atoms with Gasteiger partial charge in [0.25, 0.3) is 17.7 Å². The van der Waals surface area contributed by atoms with Gasteiger partial charge in [-0.05, 0) is 19.1 Å². The average Bonchev–Trinajstić information content (AvgIpc) is 2.71. The van der Waals surface area contributed by atoms with Crippen molar-refractivity contribution in [3.63, 3.8) is 0 Å². The summed E-state index contributed by atoms with van der Waals surface area (Å²) in [4.78, 5) is 35.4. The molecular formula is C14H14N2O3. The molecule has 2 rings (SSSR count). The zero-order valence-corrected chi connectivity index (χ0v) is 10.6. The van der Waals surface area contributed by atoms with E-state index in [0.29, 0.717) is 5.56 Å². The van der Waals surface area contributed by atoms with E-state index in [1.165, 1.54) is 12.2 Å². The lowest BCUT2D eigenvalue weighted by molar-refractivity contribution is -0.136. The molecule has 0 atom stereocenters. The Kier molecular flexibility index (Phi) is 3.75. The number of aryl methyl sites for hydroxylation is 1. The minimum absolute atomic E-state index is 0.183. The summed E-state index contributed by atoms with van der Waals surface area (Å²) in [5.41, 5.74) is 1.64. The number of hydrogen-bond acceptors (Lipinski definition) is 3. The van der Waals surface area contributed by atoms with Crippen molar-refractivity contribution in [2.24, 2.45) is 0 Å². The lowest BCUT2D eigenvalue weighted by atomic mass is 10.1. The molecule has 1 aromatic rings. The van der Waals surface area contributed by atoms with Crippen LogP contribution in [0.5, 0.6) is 0 Å². The van der Waals surface area contributed by atoms with Crippen molar-refractivity contribution in [2.75, 3.05) is 13.1 Å². The molecule has 1 aromatic carbocycles. The maximum Gasteiger partial charge on any atom is 0.253 e. The summed E-state index contributed by atoms with van der Waals surface area (Å²) in [6.45, 7) is 2.37. The van der Waals surface area contributed by atoms with Crippen LogP contribution in [0.4, 0.5) is 0 Å². The number of carbonyl (C=O) groups is 3. The van der Waals surface area contributed by atoms with Gasteiger partial charge in [0.1, 0.15) is 0 Å². The Morgan fingerprint density at radius 1 is 1.11 bits per heavy atom. The number of amides is 3. The maximum atomic E-state index is 11.8. The third-order valence-corrected chi connectivity index (χ3v) is 2.84. The van der Waals surface area contributed by atoms with Crippen molar-refractivity contribution in [3.05, 3.63) is 47.5 Å². The Balaban J connectivity index is 1.83. The molecule has 3 amide bonds. The SMILES string of the molecule is Cc1ccc(C(=O)NCCN2C(=O)C=CC2=O)cc1. The van der Waals surface area contributed by atoms with Crippen molar-refractivity contribution in [1.29, 1.82) is 0 Å². The zero-order chi connectivity index (χ0) is 13.8. The van der Waals surface area contributed by atoms with Gasteiger partial charge in [-0.15, -0.1) is 0 Å². The topological polar surface area (TPSA) is 66.5 Å². The van der Waals surface area contributed by atoms with Gasteiger partial charge in [-0.3, -0.25) is 19.3 Å². The molecule has 0 aliphatic carbocycles. The number of rotatable bonds is 4. The lowest BCUT2D eigenvalue weighted by Gasteiger charge is -2.14. The third-order valence-electron chi connectivity index (χ3n) is 2.84. The number of benzene rings is 1. The highest BCUT2D eigenvalue weighted by atomic mass is 16.2. The fraction of sp³-hybridized carbons (Fsp3) is 0.214. The van der Waals surface area contributed by atoms with E-state index in [-0.39, 0.29) is 30.8 Å². The molecule has 5 nitrogen and oxygen atoms in total. The molecular weight excluding hydrogens is 244 g/mol. The lowest BCUT2D eigenvalue weighted by Crippen LogP contribution is -2.38. The van der Waals surface area contributed by atoms with Crippen LogP contribution in [0.15, 0.2) is 36.4 Å². The van der Waals surface area contributed by atoms with E-state index < -0.39 is 0 Å². The molecule has 0 aromatic heterocycles. The Labute approximate surface area is 110 Å². The monoisotopic (exact) mass is 258 g/mol.